The van der Waals surface area contributed by atoms with E-state index in [1.165, 1.54) is 4.90 Å². The smallest absolute Gasteiger partial charge is 0.249 e. The second-order valence-corrected chi connectivity index (χ2v) is 8.64. The molecule has 0 aromatic carbocycles. The summed E-state index contributed by atoms with van der Waals surface area (Å²) in [4.78, 5) is 26.5. The number of amides is 2. The van der Waals surface area contributed by atoms with Gasteiger partial charge >= 0.3 is 0 Å². The average Bonchev–Trinajstić information content (AvgIpc) is 3.13. The van der Waals surface area contributed by atoms with E-state index in [0.717, 1.165) is 12.8 Å². The fourth-order valence-corrected chi connectivity index (χ4v) is 5.11. The van der Waals surface area contributed by atoms with E-state index in [9.17, 15) is 18.0 Å². The molecule has 2 saturated heterocycles. The molecule has 3 rings (SSSR count). The first-order valence-corrected chi connectivity index (χ1v) is 8.92. The van der Waals surface area contributed by atoms with Crippen molar-refractivity contribution in [3.63, 3.8) is 0 Å². The van der Waals surface area contributed by atoms with Gasteiger partial charge in [-0.1, -0.05) is 0 Å². The Hall–Kier alpha value is -1.11. The normalized spacial score (nSPS) is 40.8. The predicted octanol–water partition coefficient (Wildman–Crippen LogP) is -0.311. The molecular weight excluding hydrogens is 280 g/mol. The molecule has 2 amide bonds. The Kier molecular flexibility index (Phi) is 2.90. The third kappa shape index (κ3) is 2.03. The van der Waals surface area contributed by atoms with E-state index in [4.69, 9.17) is 0 Å². The van der Waals surface area contributed by atoms with Crippen LogP contribution in [0, 0.1) is 5.92 Å². The summed E-state index contributed by atoms with van der Waals surface area (Å²) < 4.78 is 23.3. The Bertz CT molecular complexity index is 569. The van der Waals surface area contributed by atoms with Gasteiger partial charge < -0.3 is 10.2 Å². The van der Waals surface area contributed by atoms with Crippen LogP contribution in [0.3, 0.4) is 0 Å². The van der Waals surface area contributed by atoms with Gasteiger partial charge in [-0.05, 0) is 39.0 Å². The molecule has 3 unspecified atom stereocenters. The van der Waals surface area contributed by atoms with Crippen molar-refractivity contribution in [2.45, 2.75) is 50.7 Å². The number of hydrogen-bond acceptors (Lipinski definition) is 4. The van der Waals surface area contributed by atoms with Crippen LogP contribution in [0.4, 0.5) is 0 Å². The first-order valence-electron chi connectivity index (χ1n) is 7.10. The predicted molar refractivity (Wildman–Crippen MR) is 72.6 cm³/mol. The van der Waals surface area contributed by atoms with Gasteiger partial charge in [0, 0.05) is 6.04 Å². The van der Waals surface area contributed by atoms with E-state index in [0.29, 0.717) is 6.42 Å². The van der Waals surface area contributed by atoms with Gasteiger partial charge in [-0.3, -0.25) is 9.59 Å². The molecule has 2 aliphatic heterocycles. The Morgan fingerprint density at radius 2 is 1.90 bits per heavy atom. The lowest BCUT2D eigenvalue weighted by molar-refractivity contribution is -0.156. The highest BCUT2D eigenvalue weighted by molar-refractivity contribution is 7.91. The van der Waals surface area contributed by atoms with E-state index in [1.807, 2.05) is 0 Å². The summed E-state index contributed by atoms with van der Waals surface area (Å²) in [6.45, 7) is 3.44. The Balaban J connectivity index is 1.91. The number of hydrogen-bond donors (Lipinski definition) is 1. The topological polar surface area (TPSA) is 83.6 Å². The maximum Gasteiger partial charge on any atom is 0.249 e. The van der Waals surface area contributed by atoms with Crippen molar-refractivity contribution in [3.8, 4) is 0 Å². The van der Waals surface area contributed by atoms with Crippen molar-refractivity contribution in [3.05, 3.63) is 0 Å². The van der Waals surface area contributed by atoms with Crippen LogP contribution in [0.5, 0.6) is 0 Å². The number of nitrogens with zero attached hydrogens (tertiary/aromatic N) is 1. The van der Waals surface area contributed by atoms with Crippen LogP contribution < -0.4 is 5.32 Å². The fourth-order valence-electron chi connectivity index (χ4n) is 3.40. The highest BCUT2D eigenvalue weighted by atomic mass is 32.2. The van der Waals surface area contributed by atoms with E-state index < -0.39 is 21.4 Å². The molecule has 0 bridgehead atoms. The minimum Gasteiger partial charge on any atom is -0.340 e. The molecule has 0 aromatic heterocycles. The molecule has 3 aliphatic rings. The third-order valence-electron chi connectivity index (χ3n) is 4.85. The summed E-state index contributed by atoms with van der Waals surface area (Å²) in [5.41, 5.74) is -0.851. The molecule has 1 saturated carbocycles. The van der Waals surface area contributed by atoms with Gasteiger partial charge in [-0.2, -0.15) is 0 Å². The summed E-state index contributed by atoms with van der Waals surface area (Å²) in [7, 11) is -3.08. The lowest BCUT2D eigenvalue weighted by Gasteiger charge is -2.46. The third-order valence-corrected chi connectivity index (χ3v) is 6.60. The van der Waals surface area contributed by atoms with Crippen molar-refractivity contribution in [1.82, 2.24) is 10.2 Å². The molecule has 2 heterocycles. The lowest BCUT2D eigenvalue weighted by Crippen LogP contribution is -2.71. The number of rotatable bonds is 2. The van der Waals surface area contributed by atoms with Crippen LogP contribution in [0.2, 0.25) is 0 Å². The molecule has 1 aliphatic carbocycles. The minimum atomic E-state index is -3.08. The molecule has 20 heavy (non-hydrogen) atoms. The van der Waals surface area contributed by atoms with Crippen LogP contribution >= 0.6 is 0 Å². The van der Waals surface area contributed by atoms with Gasteiger partial charge in [0.25, 0.3) is 0 Å². The van der Waals surface area contributed by atoms with Crippen molar-refractivity contribution >= 4 is 21.7 Å². The zero-order valence-corrected chi connectivity index (χ0v) is 12.6. The zero-order chi connectivity index (χ0) is 14.7. The van der Waals surface area contributed by atoms with E-state index in [-0.39, 0.29) is 35.3 Å². The van der Waals surface area contributed by atoms with Crippen LogP contribution in [0.15, 0.2) is 0 Å². The summed E-state index contributed by atoms with van der Waals surface area (Å²) in [5.74, 6) is -0.0167. The monoisotopic (exact) mass is 300 g/mol. The standard InChI is InChI=1S/C13H20N2O4S/c1-8-11(16)14-13(2,9-3-4-9)12(17)15(8)10-5-6-20(18,19)7-10/h8-10H,3-7H2,1-2H3,(H,14,16). The van der Waals surface area contributed by atoms with Crippen LogP contribution in [-0.4, -0.2) is 54.3 Å². The number of piperazine rings is 1. The van der Waals surface area contributed by atoms with Gasteiger partial charge in [0.05, 0.1) is 11.5 Å². The van der Waals surface area contributed by atoms with Gasteiger partial charge in [0.1, 0.15) is 11.6 Å². The van der Waals surface area contributed by atoms with Gasteiger partial charge in [0.2, 0.25) is 11.8 Å². The molecule has 112 valence electrons. The van der Waals surface area contributed by atoms with Crippen LogP contribution in [0.1, 0.15) is 33.1 Å². The van der Waals surface area contributed by atoms with E-state index >= 15 is 0 Å². The number of carbonyl (C=O) groups excluding carboxylic acids is 2. The summed E-state index contributed by atoms with van der Waals surface area (Å²) in [6.07, 6.45) is 2.31. The van der Waals surface area contributed by atoms with Crippen LogP contribution in [-0.2, 0) is 19.4 Å². The van der Waals surface area contributed by atoms with Crippen molar-refractivity contribution in [1.29, 1.82) is 0 Å². The van der Waals surface area contributed by atoms with E-state index in [2.05, 4.69) is 5.32 Å². The maximum absolute atomic E-state index is 12.8. The molecule has 3 fully saturated rings. The van der Waals surface area contributed by atoms with Gasteiger partial charge in [-0.15, -0.1) is 0 Å². The summed E-state index contributed by atoms with van der Waals surface area (Å²) >= 11 is 0. The molecule has 3 atom stereocenters. The first-order chi connectivity index (χ1) is 9.24. The van der Waals surface area contributed by atoms with Crippen molar-refractivity contribution in [2.75, 3.05) is 11.5 Å². The minimum absolute atomic E-state index is 0.0168. The summed E-state index contributed by atoms with van der Waals surface area (Å²) in [5, 5.41) is 2.85. The first kappa shape index (κ1) is 13.9. The molecule has 0 aromatic rings. The fraction of sp³-hybridized carbons (Fsp3) is 0.846. The van der Waals surface area contributed by atoms with E-state index in [1.54, 1.807) is 13.8 Å². The quantitative estimate of drug-likeness (QED) is 0.758. The highest BCUT2D eigenvalue weighted by Crippen LogP contribution is 2.43. The van der Waals surface area contributed by atoms with Gasteiger partial charge in [-0.25, -0.2) is 8.42 Å². The number of nitrogens with one attached hydrogen (secondary N) is 1. The Labute approximate surface area is 118 Å². The molecule has 1 N–H and O–H groups in total. The molecular formula is C13H20N2O4S. The molecule has 6 nitrogen and oxygen atoms in total. The van der Waals surface area contributed by atoms with Crippen molar-refractivity contribution in [2.24, 2.45) is 5.92 Å². The molecule has 0 radical (unpaired) electrons. The Morgan fingerprint density at radius 1 is 1.25 bits per heavy atom. The molecule has 0 spiro atoms. The Morgan fingerprint density at radius 3 is 2.40 bits per heavy atom. The van der Waals surface area contributed by atoms with Crippen molar-refractivity contribution < 1.29 is 18.0 Å². The second kappa shape index (κ2) is 4.19. The van der Waals surface area contributed by atoms with Crippen LogP contribution in [0.25, 0.3) is 0 Å². The maximum atomic E-state index is 12.8. The number of sulfone groups is 1. The molecule has 7 heteroatoms. The number of carbonyl (C=O) groups is 2. The summed E-state index contributed by atoms with van der Waals surface area (Å²) in [6, 6.07) is -0.945. The highest BCUT2D eigenvalue weighted by Gasteiger charge is 2.56. The average molecular weight is 300 g/mol. The largest absolute Gasteiger partial charge is 0.340 e. The zero-order valence-electron chi connectivity index (χ0n) is 11.8. The second-order valence-electron chi connectivity index (χ2n) is 6.41. The lowest BCUT2D eigenvalue weighted by atomic mass is 9.88. The SMILES string of the molecule is CC1C(=O)NC(C)(C2CC2)C(=O)N1C1CCS(=O)(=O)C1. The van der Waals surface area contributed by atoms with Gasteiger partial charge in [0.15, 0.2) is 9.84 Å².